The highest BCUT2D eigenvalue weighted by molar-refractivity contribution is 5.83. The first-order chi connectivity index (χ1) is 11.7. The highest BCUT2D eigenvalue weighted by Gasteiger charge is 2.33. The van der Waals surface area contributed by atoms with Crippen LogP contribution in [-0.2, 0) is 9.53 Å². The Morgan fingerprint density at radius 1 is 1.25 bits per heavy atom. The zero-order chi connectivity index (χ0) is 17.4. The van der Waals surface area contributed by atoms with E-state index in [9.17, 15) is 14.7 Å². The number of aliphatic hydroxyl groups is 1. The molecule has 1 saturated heterocycles. The van der Waals surface area contributed by atoms with Crippen LogP contribution in [0.4, 0.5) is 4.79 Å². The zero-order valence-electron chi connectivity index (χ0n) is 14.1. The maximum atomic E-state index is 12.4. The lowest BCUT2D eigenvalue weighted by atomic mass is 9.85. The summed E-state index contributed by atoms with van der Waals surface area (Å²) in [7, 11) is 0. The third-order valence-electron chi connectivity index (χ3n) is 4.97. The average molecular weight is 337 g/mol. The van der Waals surface area contributed by atoms with Crippen molar-refractivity contribution >= 4 is 12.0 Å². The molecule has 1 heterocycles. The Balaban J connectivity index is 1.97. The number of aliphatic hydroxyl groups excluding tert-OH is 1. The van der Waals surface area contributed by atoms with Crippen molar-refractivity contribution in [1.29, 1.82) is 5.26 Å². The second-order valence-electron chi connectivity index (χ2n) is 6.66. The van der Waals surface area contributed by atoms with Crippen LogP contribution in [0.25, 0.3) is 0 Å². The molecule has 1 aliphatic heterocycles. The number of hydrogen-bond donors (Lipinski definition) is 2. The molecule has 1 saturated carbocycles. The molecule has 0 unspecified atom stereocenters. The molecule has 0 aromatic carbocycles. The van der Waals surface area contributed by atoms with E-state index in [0.29, 0.717) is 18.9 Å². The van der Waals surface area contributed by atoms with Crippen molar-refractivity contribution in [3.8, 4) is 6.07 Å². The highest BCUT2D eigenvalue weighted by atomic mass is 16.6. The van der Waals surface area contributed by atoms with Crippen molar-refractivity contribution in [1.82, 2.24) is 10.2 Å². The van der Waals surface area contributed by atoms with Crippen LogP contribution >= 0.6 is 0 Å². The number of amides is 2. The first kappa shape index (κ1) is 18.5. The van der Waals surface area contributed by atoms with E-state index in [4.69, 9.17) is 10.00 Å². The van der Waals surface area contributed by atoms with Crippen molar-refractivity contribution < 1.29 is 19.4 Å². The zero-order valence-corrected chi connectivity index (χ0v) is 14.1. The summed E-state index contributed by atoms with van der Waals surface area (Å²) in [6.45, 7) is 0.351. The van der Waals surface area contributed by atoms with Gasteiger partial charge in [-0.25, -0.2) is 4.79 Å². The van der Waals surface area contributed by atoms with E-state index >= 15 is 0 Å². The SMILES string of the molecule is N#CCNC(=O)[C@H](CC1CCCCC1)OC(=O)N1CCC[C@H]1CO. The van der Waals surface area contributed by atoms with Crippen LogP contribution in [0.3, 0.4) is 0 Å². The monoisotopic (exact) mass is 337 g/mol. The standard InChI is InChI=1S/C17H27N3O4/c18-8-9-19-16(22)15(11-13-5-2-1-3-6-13)24-17(23)20-10-4-7-14(20)12-21/h13-15,21H,1-7,9-12H2,(H,19,22)/t14-,15-/m0/s1. The Kier molecular flexibility index (Phi) is 7.32. The van der Waals surface area contributed by atoms with E-state index in [0.717, 1.165) is 38.5 Å². The van der Waals surface area contributed by atoms with Crippen LogP contribution in [0.1, 0.15) is 51.4 Å². The van der Waals surface area contributed by atoms with Gasteiger partial charge in [-0.2, -0.15) is 5.26 Å². The first-order valence-electron chi connectivity index (χ1n) is 8.88. The normalized spacial score (nSPS) is 22.7. The summed E-state index contributed by atoms with van der Waals surface area (Å²) in [6.07, 6.45) is 6.26. The van der Waals surface area contributed by atoms with Gasteiger partial charge in [0.15, 0.2) is 6.10 Å². The minimum Gasteiger partial charge on any atom is -0.436 e. The van der Waals surface area contributed by atoms with Crippen molar-refractivity contribution in [3.63, 3.8) is 0 Å². The van der Waals surface area contributed by atoms with Crippen LogP contribution < -0.4 is 5.32 Å². The van der Waals surface area contributed by atoms with Gasteiger partial charge >= 0.3 is 6.09 Å². The van der Waals surface area contributed by atoms with Gasteiger partial charge in [-0.1, -0.05) is 32.1 Å². The Labute approximate surface area is 142 Å². The molecule has 1 aliphatic carbocycles. The van der Waals surface area contributed by atoms with Gasteiger partial charge in [-0.15, -0.1) is 0 Å². The molecule has 2 amide bonds. The van der Waals surface area contributed by atoms with E-state index < -0.39 is 18.1 Å². The molecule has 0 radical (unpaired) electrons. The lowest BCUT2D eigenvalue weighted by molar-refractivity contribution is -0.131. The Bertz CT molecular complexity index is 471. The molecule has 0 aromatic rings. The molecular formula is C17H27N3O4. The third kappa shape index (κ3) is 5.10. The van der Waals surface area contributed by atoms with Crippen molar-refractivity contribution in [2.75, 3.05) is 19.7 Å². The van der Waals surface area contributed by atoms with Gasteiger partial charge < -0.3 is 20.1 Å². The predicted molar refractivity (Wildman–Crippen MR) is 86.9 cm³/mol. The molecule has 24 heavy (non-hydrogen) atoms. The van der Waals surface area contributed by atoms with Crippen LogP contribution in [0.2, 0.25) is 0 Å². The van der Waals surface area contributed by atoms with Crippen LogP contribution in [0.15, 0.2) is 0 Å². The molecule has 0 aromatic heterocycles. The van der Waals surface area contributed by atoms with Crippen LogP contribution in [0, 0.1) is 17.2 Å². The lowest BCUT2D eigenvalue weighted by Crippen LogP contribution is -2.44. The van der Waals surface area contributed by atoms with Gasteiger partial charge in [-0.3, -0.25) is 4.79 Å². The molecule has 7 heteroatoms. The number of nitrogens with zero attached hydrogens (tertiary/aromatic N) is 2. The number of carbonyl (C=O) groups excluding carboxylic acids is 2. The van der Waals surface area contributed by atoms with Gasteiger partial charge in [0.05, 0.1) is 18.7 Å². The van der Waals surface area contributed by atoms with E-state index in [-0.39, 0.29) is 19.2 Å². The minimum absolute atomic E-state index is 0.0942. The summed E-state index contributed by atoms with van der Waals surface area (Å²) in [5, 5.41) is 20.5. The highest BCUT2D eigenvalue weighted by Crippen LogP contribution is 2.28. The largest absolute Gasteiger partial charge is 0.436 e. The summed E-state index contributed by atoms with van der Waals surface area (Å²) >= 11 is 0. The number of ether oxygens (including phenoxy) is 1. The molecule has 2 fully saturated rings. The van der Waals surface area contributed by atoms with E-state index in [1.807, 2.05) is 6.07 Å². The summed E-state index contributed by atoms with van der Waals surface area (Å²) in [5.74, 6) is -0.0354. The van der Waals surface area contributed by atoms with Gasteiger partial charge in [-0.05, 0) is 25.2 Å². The van der Waals surface area contributed by atoms with E-state index in [1.165, 1.54) is 11.3 Å². The number of rotatable bonds is 6. The number of carbonyl (C=O) groups is 2. The summed E-state index contributed by atoms with van der Waals surface area (Å²) < 4.78 is 5.48. The molecular weight excluding hydrogens is 310 g/mol. The summed E-state index contributed by atoms with van der Waals surface area (Å²) in [5.41, 5.74) is 0. The van der Waals surface area contributed by atoms with E-state index in [2.05, 4.69) is 5.32 Å². The number of nitriles is 1. The molecule has 2 N–H and O–H groups in total. The lowest BCUT2D eigenvalue weighted by Gasteiger charge is -2.28. The van der Waals surface area contributed by atoms with Crippen molar-refractivity contribution in [3.05, 3.63) is 0 Å². The summed E-state index contributed by atoms with van der Waals surface area (Å²) in [4.78, 5) is 26.2. The van der Waals surface area contributed by atoms with Gasteiger partial charge in [0.2, 0.25) is 0 Å². The fourth-order valence-corrected chi connectivity index (χ4v) is 3.63. The second kappa shape index (κ2) is 9.48. The van der Waals surface area contributed by atoms with Gasteiger partial charge in [0, 0.05) is 6.54 Å². The molecule has 0 spiro atoms. The van der Waals surface area contributed by atoms with Crippen LogP contribution in [-0.4, -0.2) is 53.8 Å². The predicted octanol–water partition coefficient (Wildman–Crippen LogP) is 1.56. The third-order valence-corrected chi connectivity index (χ3v) is 4.97. The Morgan fingerprint density at radius 2 is 2.00 bits per heavy atom. The molecule has 7 nitrogen and oxygen atoms in total. The molecule has 134 valence electrons. The Hall–Kier alpha value is -1.81. The number of hydrogen-bond acceptors (Lipinski definition) is 5. The number of nitrogens with one attached hydrogen (secondary N) is 1. The molecule has 0 bridgehead atoms. The maximum absolute atomic E-state index is 12.4. The minimum atomic E-state index is -0.867. The first-order valence-corrected chi connectivity index (χ1v) is 8.88. The second-order valence-corrected chi connectivity index (χ2v) is 6.66. The average Bonchev–Trinajstić information content (AvgIpc) is 3.08. The van der Waals surface area contributed by atoms with Crippen molar-refractivity contribution in [2.24, 2.45) is 5.92 Å². The van der Waals surface area contributed by atoms with Gasteiger partial charge in [0.25, 0.3) is 5.91 Å². The molecule has 2 atom stereocenters. The smallest absolute Gasteiger partial charge is 0.410 e. The van der Waals surface area contributed by atoms with Crippen LogP contribution in [0.5, 0.6) is 0 Å². The summed E-state index contributed by atoms with van der Waals surface area (Å²) in [6, 6.07) is 1.64. The Morgan fingerprint density at radius 3 is 2.67 bits per heavy atom. The van der Waals surface area contributed by atoms with E-state index in [1.54, 1.807) is 0 Å². The van der Waals surface area contributed by atoms with Gasteiger partial charge in [0.1, 0.15) is 6.54 Å². The molecule has 2 aliphatic rings. The number of likely N-dealkylation sites (tertiary alicyclic amines) is 1. The molecule has 2 rings (SSSR count). The fourth-order valence-electron chi connectivity index (χ4n) is 3.63. The van der Waals surface area contributed by atoms with Crippen molar-refractivity contribution in [2.45, 2.75) is 63.5 Å². The maximum Gasteiger partial charge on any atom is 0.410 e. The topological polar surface area (TPSA) is 103 Å². The quantitative estimate of drug-likeness (QED) is 0.716. The fraction of sp³-hybridized carbons (Fsp3) is 0.824.